The van der Waals surface area contributed by atoms with Gasteiger partial charge in [-0.25, -0.2) is 0 Å². The second-order valence-corrected chi connectivity index (χ2v) is 6.80. The van der Waals surface area contributed by atoms with Gasteiger partial charge in [-0.15, -0.1) is 0 Å². The summed E-state index contributed by atoms with van der Waals surface area (Å²) in [5.41, 5.74) is 1.25. The van der Waals surface area contributed by atoms with E-state index in [0.717, 1.165) is 11.8 Å². The molecule has 1 aliphatic rings. The number of fused-ring (bicyclic) bond motifs is 1. The standard InChI is InChI=1S/C20H23N3O4/c1-14(24)23(13-18(25)26)16-7-4-11-22(12-9-16)20(27)17-8-2-5-15-6-3-10-21-19(15)17/h2-3,5-6,8,10,16H,4,7,9,11-13H2,1H3,(H,25,26). The molecular formula is C20H23N3O4. The molecule has 0 radical (unpaired) electrons. The van der Waals surface area contributed by atoms with Gasteiger partial charge in [0.2, 0.25) is 5.91 Å². The number of aliphatic carboxylic acids is 1. The van der Waals surface area contributed by atoms with E-state index >= 15 is 0 Å². The van der Waals surface area contributed by atoms with Gasteiger partial charge in [0.15, 0.2) is 0 Å². The van der Waals surface area contributed by atoms with Gasteiger partial charge in [-0.2, -0.15) is 0 Å². The normalized spacial score (nSPS) is 17.4. The minimum atomic E-state index is -1.02. The monoisotopic (exact) mass is 369 g/mol. The molecule has 1 unspecified atom stereocenters. The summed E-state index contributed by atoms with van der Waals surface area (Å²) in [5, 5.41) is 9.97. The molecule has 1 aliphatic heterocycles. The van der Waals surface area contributed by atoms with Gasteiger partial charge in [0, 0.05) is 37.6 Å². The number of carbonyl (C=O) groups is 3. The molecule has 1 saturated heterocycles. The van der Waals surface area contributed by atoms with Crippen LogP contribution in [0.3, 0.4) is 0 Å². The van der Waals surface area contributed by atoms with E-state index in [1.165, 1.54) is 11.8 Å². The second kappa shape index (κ2) is 8.16. The number of benzene rings is 1. The van der Waals surface area contributed by atoms with Crippen molar-refractivity contribution in [2.75, 3.05) is 19.6 Å². The SMILES string of the molecule is CC(=O)N(CC(=O)O)C1CCCN(C(=O)c2cccc3cccnc23)CC1. The van der Waals surface area contributed by atoms with Crippen molar-refractivity contribution in [2.24, 2.45) is 0 Å². The summed E-state index contributed by atoms with van der Waals surface area (Å²) in [7, 11) is 0. The first kappa shape index (κ1) is 18.8. The van der Waals surface area contributed by atoms with Gasteiger partial charge in [-0.05, 0) is 31.4 Å². The van der Waals surface area contributed by atoms with Gasteiger partial charge in [0.1, 0.15) is 6.54 Å². The number of carboxylic acids is 1. The van der Waals surface area contributed by atoms with Crippen LogP contribution in [-0.2, 0) is 9.59 Å². The Hall–Kier alpha value is -2.96. The Morgan fingerprint density at radius 3 is 2.70 bits per heavy atom. The molecule has 0 bridgehead atoms. The van der Waals surface area contributed by atoms with Crippen LogP contribution in [0.5, 0.6) is 0 Å². The number of hydrogen-bond donors (Lipinski definition) is 1. The van der Waals surface area contributed by atoms with Crippen molar-refractivity contribution in [1.82, 2.24) is 14.8 Å². The summed E-state index contributed by atoms with van der Waals surface area (Å²) in [4.78, 5) is 43.5. The van der Waals surface area contributed by atoms with Crippen LogP contribution in [0.15, 0.2) is 36.5 Å². The Morgan fingerprint density at radius 1 is 1.19 bits per heavy atom. The highest BCUT2D eigenvalue weighted by molar-refractivity contribution is 6.05. The van der Waals surface area contributed by atoms with Crippen LogP contribution in [0.25, 0.3) is 10.9 Å². The molecule has 1 aromatic carbocycles. The number of likely N-dealkylation sites (tertiary alicyclic amines) is 1. The topological polar surface area (TPSA) is 90.8 Å². The Labute approximate surface area is 157 Å². The maximum Gasteiger partial charge on any atom is 0.323 e. The van der Waals surface area contributed by atoms with E-state index in [-0.39, 0.29) is 24.4 Å². The number of amides is 2. The summed E-state index contributed by atoms with van der Waals surface area (Å²) in [6.07, 6.45) is 3.65. The first-order valence-electron chi connectivity index (χ1n) is 9.09. The number of nitrogens with zero attached hydrogens (tertiary/aromatic N) is 3. The third-order valence-electron chi connectivity index (χ3n) is 5.00. The molecule has 2 heterocycles. The molecule has 1 fully saturated rings. The third-order valence-corrected chi connectivity index (χ3v) is 5.00. The number of pyridine rings is 1. The van der Waals surface area contributed by atoms with Gasteiger partial charge in [-0.1, -0.05) is 18.2 Å². The number of aromatic nitrogens is 1. The molecule has 0 spiro atoms. The van der Waals surface area contributed by atoms with Crippen molar-refractivity contribution < 1.29 is 19.5 Å². The summed E-state index contributed by atoms with van der Waals surface area (Å²) >= 11 is 0. The van der Waals surface area contributed by atoms with E-state index in [1.807, 2.05) is 24.3 Å². The van der Waals surface area contributed by atoms with Crippen LogP contribution in [0.4, 0.5) is 0 Å². The van der Waals surface area contributed by atoms with E-state index in [1.54, 1.807) is 17.2 Å². The van der Waals surface area contributed by atoms with Gasteiger partial charge < -0.3 is 14.9 Å². The highest BCUT2D eigenvalue weighted by Gasteiger charge is 2.28. The Kier molecular flexibility index (Phi) is 5.69. The first-order valence-corrected chi connectivity index (χ1v) is 9.09. The molecule has 142 valence electrons. The quantitative estimate of drug-likeness (QED) is 0.892. The highest BCUT2D eigenvalue weighted by atomic mass is 16.4. The summed E-state index contributed by atoms with van der Waals surface area (Å²) in [6.45, 7) is 2.15. The van der Waals surface area contributed by atoms with Crippen molar-refractivity contribution in [3.63, 3.8) is 0 Å². The molecule has 7 heteroatoms. The van der Waals surface area contributed by atoms with Crippen molar-refractivity contribution >= 4 is 28.7 Å². The van der Waals surface area contributed by atoms with Gasteiger partial charge >= 0.3 is 5.97 Å². The van der Waals surface area contributed by atoms with E-state index in [0.29, 0.717) is 37.0 Å². The fourth-order valence-electron chi connectivity index (χ4n) is 3.68. The van der Waals surface area contributed by atoms with E-state index in [9.17, 15) is 14.4 Å². The molecule has 2 aromatic rings. The highest BCUT2D eigenvalue weighted by Crippen LogP contribution is 2.22. The molecule has 27 heavy (non-hydrogen) atoms. The van der Waals surface area contributed by atoms with Gasteiger partial charge in [0.25, 0.3) is 5.91 Å². The first-order chi connectivity index (χ1) is 13.0. The predicted molar refractivity (Wildman–Crippen MR) is 100 cm³/mol. The summed E-state index contributed by atoms with van der Waals surface area (Å²) < 4.78 is 0. The maximum atomic E-state index is 13.1. The number of carboxylic acid groups (broad SMARTS) is 1. The molecule has 0 aliphatic carbocycles. The van der Waals surface area contributed by atoms with Gasteiger partial charge in [-0.3, -0.25) is 19.4 Å². The molecule has 3 rings (SSSR count). The van der Waals surface area contributed by atoms with Crippen molar-refractivity contribution in [3.8, 4) is 0 Å². The Bertz CT molecular complexity index is 862. The molecule has 1 aromatic heterocycles. The van der Waals surface area contributed by atoms with Crippen molar-refractivity contribution in [3.05, 3.63) is 42.1 Å². The Morgan fingerprint density at radius 2 is 1.96 bits per heavy atom. The molecule has 0 saturated carbocycles. The van der Waals surface area contributed by atoms with Crippen molar-refractivity contribution in [1.29, 1.82) is 0 Å². The average molecular weight is 369 g/mol. The predicted octanol–water partition coefficient (Wildman–Crippen LogP) is 2.16. The lowest BCUT2D eigenvalue weighted by Gasteiger charge is -2.29. The molecule has 7 nitrogen and oxygen atoms in total. The van der Waals surface area contributed by atoms with Crippen LogP contribution in [0.2, 0.25) is 0 Å². The van der Waals surface area contributed by atoms with Crippen LogP contribution in [-0.4, -0.2) is 63.4 Å². The minimum Gasteiger partial charge on any atom is -0.480 e. The molecule has 1 N–H and O–H groups in total. The Balaban J connectivity index is 1.76. The fourth-order valence-corrected chi connectivity index (χ4v) is 3.68. The van der Waals surface area contributed by atoms with Crippen LogP contribution < -0.4 is 0 Å². The molecule has 1 atom stereocenters. The number of carbonyl (C=O) groups excluding carboxylic acids is 2. The zero-order valence-electron chi connectivity index (χ0n) is 15.3. The third kappa shape index (κ3) is 4.24. The van der Waals surface area contributed by atoms with Crippen molar-refractivity contribution in [2.45, 2.75) is 32.2 Å². The fraction of sp³-hybridized carbons (Fsp3) is 0.400. The van der Waals surface area contributed by atoms with Crippen LogP contribution in [0.1, 0.15) is 36.5 Å². The zero-order valence-corrected chi connectivity index (χ0v) is 15.3. The largest absolute Gasteiger partial charge is 0.480 e. The summed E-state index contributed by atoms with van der Waals surface area (Å²) in [6, 6.07) is 9.16. The maximum absolute atomic E-state index is 13.1. The van der Waals surface area contributed by atoms with E-state index in [4.69, 9.17) is 5.11 Å². The number of rotatable bonds is 4. The minimum absolute atomic E-state index is 0.0763. The number of hydrogen-bond acceptors (Lipinski definition) is 4. The average Bonchev–Trinajstić information content (AvgIpc) is 2.91. The lowest BCUT2D eigenvalue weighted by atomic mass is 10.1. The molecular weight excluding hydrogens is 346 g/mol. The lowest BCUT2D eigenvalue weighted by Crippen LogP contribution is -2.43. The van der Waals surface area contributed by atoms with Crippen LogP contribution >= 0.6 is 0 Å². The molecule has 2 amide bonds. The van der Waals surface area contributed by atoms with Crippen LogP contribution in [0, 0.1) is 0 Å². The number of para-hydroxylation sites is 1. The lowest BCUT2D eigenvalue weighted by molar-refractivity contribution is -0.145. The van der Waals surface area contributed by atoms with E-state index < -0.39 is 5.97 Å². The van der Waals surface area contributed by atoms with Gasteiger partial charge in [0.05, 0.1) is 11.1 Å². The summed E-state index contributed by atoms with van der Waals surface area (Å²) in [5.74, 6) is -1.35. The zero-order chi connectivity index (χ0) is 19.4. The second-order valence-electron chi connectivity index (χ2n) is 6.80. The smallest absolute Gasteiger partial charge is 0.323 e. The van der Waals surface area contributed by atoms with E-state index in [2.05, 4.69) is 4.98 Å².